The number of para-hydroxylation sites is 1. The van der Waals surface area contributed by atoms with Gasteiger partial charge in [-0.15, -0.1) is 11.3 Å². The van der Waals surface area contributed by atoms with Crippen molar-refractivity contribution in [2.75, 3.05) is 13.2 Å². The Morgan fingerprint density at radius 2 is 2.19 bits per heavy atom. The van der Waals surface area contributed by atoms with Gasteiger partial charge in [0.25, 0.3) is 0 Å². The Labute approximate surface area is 129 Å². The molecule has 2 aromatic rings. The van der Waals surface area contributed by atoms with Crippen molar-refractivity contribution in [3.8, 4) is 5.75 Å². The van der Waals surface area contributed by atoms with E-state index < -0.39 is 0 Å². The fourth-order valence-electron chi connectivity index (χ4n) is 2.64. The second-order valence-electron chi connectivity index (χ2n) is 5.26. The van der Waals surface area contributed by atoms with Gasteiger partial charge in [-0.1, -0.05) is 24.3 Å². The molecule has 1 unspecified atom stereocenters. The van der Waals surface area contributed by atoms with Crippen LogP contribution in [0, 0.1) is 0 Å². The van der Waals surface area contributed by atoms with Crippen molar-refractivity contribution in [3.05, 3.63) is 52.2 Å². The zero-order valence-corrected chi connectivity index (χ0v) is 12.7. The molecule has 2 heterocycles. The molecule has 1 amide bonds. The zero-order chi connectivity index (χ0) is 14.5. The Hall–Kier alpha value is -1.81. The van der Waals surface area contributed by atoms with Crippen molar-refractivity contribution in [3.63, 3.8) is 0 Å². The topological polar surface area (TPSA) is 38.3 Å². The van der Waals surface area contributed by atoms with Gasteiger partial charge in [-0.2, -0.15) is 0 Å². The first kappa shape index (κ1) is 14.1. The van der Waals surface area contributed by atoms with E-state index in [4.69, 9.17) is 4.74 Å². The Bertz CT molecular complexity index is 595. The Morgan fingerprint density at radius 1 is 1.29 bits per heavy atom. The third-order valence-corrected chi connectivity index (χ3v) is 4.74. The largest absolute Gasteiger partial charge is 0.493 e. The number of carbonyl (C=O) groups excluding carboxylic acids is 1. The third-order valence-electron chi connectivity index (χ3n) is 3.81. The van der Waals surface area contributed by atoms with E-state index in [0.717, 1.165) is 25.2 Å². The van der Waals surface area contributed by atoms with Crippen LogP contribution in [0.15, 0.2) is 41.8 Å². The summed E-state index contributed by atoms with van der Waals surface area (Å²) < 4.78 is 5.65. The SMILES string of the molecule is O=C(CCc1cccs1)NCC1CCOc2ccccc21. The number of thiophene rings is 1. The maximum absolute atomic E-state index is 12.0. The first-order valence-corrected chi connectivity index (χ1v) is 8.21. The van der Waals surface area contributed by atoms with Crippen LogP contribution in [0.2, 0.25) is 0 Å². The van der Waals surface area contributed by atoms with Crippen molar-refractivity contribution in [2.24, 2.45) is 0 Å². The predicted molar refractivity (Wildman–Crippen MR) is 84.9 cm³/mol. The van der Waals surface area contributed by atoms with Gasteiger partial charge in [0, 0.05) is 23.8 Å². The molecular formula is C17H19NO2S. The monoisotopic (exact) mass is 301 g/mol. The summed E-state index contributed by atoms with van der Waals surface area (Å²) in [5.41, 5.74) is 1.21. The van der Waals surface area contributed by atoms with Gasteiger partial charge in [0.15, 0.2) is 0 Å². The molecule has 1 aromatic carbocycles. The summed E-state index contributed by atoms with van der Waals surface area (Å²) in [5.74, 6) is 1.45. The summed E-state index contributed by atoms with van der Waals surface area (Å²) in [6.07, 6.45) is 2.35. The van der Waals surface area contributed by atoms with Gasteiger partial charge < -0.3 is 10.1 Å². The van der Waals surface area contributed by atoms with Crippen molar-refractivity contribution in [1.29, 1.82) is 0 Å². The molecule has 1 aliphatic rings. The van der Waals surface area contributed by atoms with Gasteiger partial charge in [0.1, 0.15) is 5.75 Å². The Morgan fingerprint density at radius 3 is 3.05 bits per heavy atom. The molecule has 1 N–H and O–H groups in total. The molecule has 0 aliphatic carbocycles. The molecule has 3 rings (SSSR count). The highest BCUT2D eigenvalue weighted by atomic mass is 32.1. The second-order valence-corrected chi connectivity index (χ2v) is 6.29. The van der Waals surface area contributed by atoms with Crippen LogP contribution in [-0.2, 0) is 11.2 Å². The normalized spacial score (nSPS) is 16.9. The minimum atomic E-state index is 0.132. The highest BCUT2D eigenvalue weighted by Gasteiger charge is 2.21. The molecule has 0 saturated carbocycles. The van der Waals surface area contributed by atoms with Crippen LogP contribution >= 0.6 is 11.3 Å². The van der Waals surface area contributed by atoms with Crippen LogP contribution in [0.4, 0.5) is 0 Å². The predicted octanol–water partition coefficient (Wildman–Crippen LogP) is 3.36. The van der Waals surface area contributed by atoms with Crippen LogP contribution in [-0.4, -0.2) is 19.1 Å². The van der Waals surface area contributed by atoms with E-state index in [-0.39, 0.29) is 5.91 Å². The fourth-order valence-corrected chi connectivity index (χ4v) is 3.35. The molecule has 0 radical (unpaired) electrons. The van der Waals surface area contributed by atoms with Crippen LogP contribution in [0.25, 0.3) is 0 Å². The van der Waals surface area contributed by atoms with Crippen molar-refractivity contribution in [1.82, 2.24) is 5.32 Å². The van der Waals surface area contributed by atoms with Gasteiger partial charge in [0.2, 0.25) is 5.91 Å². The van der Waals surface area contributed by atoms with Crippen molar-refractivity contribution < 1.29 is 9.53 Å². The molecule has 3 nitrogen and oxygen atoms in total. The number of amides is 1. The number of fused-ring (bicyclic) bond motifs is 1. The van der Waals surface area contributed by atoms with Gasteiger partial charge in [-0.3, -0.25) is 4.79 Å². The number of rotatable bonds is 5. The quantitative estimate of drug-likeness (QED) is 0.919. The highest BCUT2D eigenvalue weighted by Crippen LogP contribution is 2.32. The molecule has 110 valence electrons. The minimum Gasteiger partial charge on any atom is -0.493 e. The summed E-state index contributed by atoms with van der Waals surface area (Å²) in [5, 5.41) is 5.11. The van der Waals surface area contributed by atoms with E-state index >= 15 is 0 Å². The summed E-state index contributed by atoms with van der Waals surface area (Å²) in [7, 11) is 0. The number of ether oxygens (including phenoxy) is 1. The Balaban J connectivity index is 1.50. The van der Waals surface area contributed by atoms with Gasteiger partial charge in [0.05, 0.1) is 6.61 Å². The van der Waals surface area contributed by atoms with E-state index in [1.54, 1.807) is 11.3 Å². The van der Waals surface area contributed by atoms with Crippen LogP contribution in [0.1, 0.15) is 29.2 Å². The summed E-state index contributed by atoms with van der Waals surface area (Å²) in [6, 6.07) is 12.2. The molecule has 0 saturated heterocycles. The Kier molecular flexibility index (Phi) is 4.55. The lowest BCUT2D eigenvalue weighted by Gasteiger charge is -2.26. The van der Waals surface area contributed by atoms with E-state index in [9.17, 15) is 4.79 Å². The van der Waals surface area contributed by atoms with E-state index in [1.165, 1.54) is 10.4 Å². The molecule has 1 atom stereocenters. The van der Waals surface area contributed by atoms with Crippen LogP contribution in [0.5, 0.6) is 5.75 Å². The molecule has 1 aromatic heterocycles. The summed E-state index contributed by atoms with van der Waals surface area (Å²) >= 11 is 1.71. The number of hydrogen-bond acceptors (Lipinski definition) is 3. The zero-order valence-electron chi connectivity index (χ0n) is 11.9. The first-order chi connectivity index (χ1) is 10.3. The molecule has 1 aliphatic heterocycles. The van der Waals surface area contributed by atoms with Crippen molar-refractivity contribution >= 4 is 17.2 Å². The number of benzene rings is 1. The lowest BCUT2D eigenvalue weighted by molar-refractivity contribution is -0.121. The highest BCUT2D eigenvalue weighted by molar-refractivity contribution is 7.09. The van der Waals surface area contributed by atoms with Crippen molar-refractivity contribution in [2.45, 2.75) is 25.2 Å². The van der Waals surface area contributed by atoms with Crippen LogP contribution in [0.3, 0.4) is 0 Å². The van der Waals surface area contributed by atoms with Gasteiger partial charge >= 0.3 is 0 Å². The number of carbonyl (C=O) groups is 1. The van der Waals surface area contributed by atoms with E-state index in [1.807, 2.05) is 29.6 Å². The fraction of sp³-hybridized carbons (Fsp3) is 0.353. The average molecular weight is 301 g/mol. The molecular weight excluding hydrogens is 282 g/mol. The summed E-state index contributed by atoms with van der Waals surface area (Å²) in [6.45, 7) is 1.43. The lowest BCUT2D eigenvalue weighted by Crippen LogP contribution is -2.30. The molecule has 21 heavy (non-hydrogen) atoms. The van der Waals surface area contributed by atoms with E-state index in [2.05, 4.69) is 17.4 Å². The molecule has 0 bridgehead atoms. The number of hydrogen-bond donors (Lipinski definition) is 1. The van der Waals surface area contributed by atoms with Crippen LogP contribution < -0.4 is 10.1 Å². The van der Waals surface area contributed by atoms with Gasteiger partial charge in [-0.25, -0.2) is 0 Å². The smallest absolute Gasteiger partial charge is 0.220 e. The summed E-state index contributed by atoms with van der Waals surface area (Å²) in [4.78, 5) is 13.2. The minimum absolute atomic E-state index is 0.132. The maximum Gasteiger partial charge on any atom is 0.220 e. The molecule has 0 fully saturated rings. The standard InChI is InChI=1S/C17H19NO2S/c19-17(8-7-14-4-3-11-21-14)18-12-13-9-10-20-16-6-2-1-5-15(13)16/h1-6,11,13H,7-10,12H2,(H,18,19). The first-order valence-electron chi connectivity index (χ1n) is 7.34. The third kappa shape index (κ3) is 3.64. The number of aryl methyl sites for hydroxylation is 1. The maximum atomic E-state index is 12.0. The molecule has 0 spiro atoms. The lowest BCUT2D eigenvalue weighted by atomic mass is 9.93. The van der Waals surface area contributed by atoms with E-state index in [0.29, 0.717) is 18.9 Å². The second kappa shape index (κ2) is 6.76. The van der Waals surface area contributed by atoms with Gasteiger partial charge in [-0.05, 0) is 35.9 Å². The average Bonchev–Trinajstić information content (AvgIpc) is 3.04. The molecule has 4 heteroatoms. The number of nitrogens with one attached hydrogen (secondary N) is 1.